The van der Waals surface area contributed by atoms with Crippen LogP contribution in [-0.2, 0) is 0 Å². The summed E-state index contributed by atoms with van der Waals surface area (Å²) in [5, 5.41) is 12.6. The molecule has 1 unspecified atom stereocenters. The summed E-state index contributed by atoms with van der Waals surface area (Å²) in [5.41, 5.74) is 2.60. The number of rotatable bonds is 4. The van der Waals surface area contributed by atoms with Crippen LogP contribution in [0.4, 0.5) is 5.82 Å². The second-order valence-corrected chi connectivity index (χ2v) is 4.82. The van der Waals surface area contributed by atoms with Crippen molar-refractivity contribution in [1.82, 2.24) is 4.98 Å². The monoisotopic (exact) mass is 231 g/mol. The van der Waals surface area contributed by atoms with Gasteiger partial charge in [0, 0.05) is 11.7 Å². The topological polar surface area (TPSA) is 48.7 Å². The van der Waals surface area contributed by atoms with Gasteiger partial charge in [0.25, 0.3) is 0 Å². The van der Waals surface area contributed by atoms with Gasteiger partial charge >= 0.3 is 0 Å². The molecule has 3 heteroatoms. The molecule has 0 saturated carbocycles. The summed E-state index contributed by atoms with van der Waals surface area (Å²) in [5.74, 6) is 1.25. The molecule has 92 valence electrons. The number of nitrogens with zero attached hydrogens (tertiary/aromatic N) is 2. The minimum atomic E-state index is 0.357. The van der Waals surface area contributed by atoms with Crippen LogP contribution < -0.4 is 5.32 Å². The summed E-state index contributed by atoms with van der Waals surface area (Å²) >= 11 is 0. The van der Waals surface area contributed by atoms with Crippen LogP contribution in [-0.4, -0.2) is 11.0 Å². The van der Waals surface area contributed by atoms with Crippen LogP contribution >= 0.6 is 0 Å². The van der Waals surface area contributed by atoms with Gasteiger partial charge in [0.1, 0.15) is 11.9 Å². The van der Waals surface area contributed by atoms with E-state index in [1.807, 2.05) is 19.9 Å². The Balaban J connectivity index is 3.09. The fraction of sp³-hybridized carbons (Fsp3) is 0.571. The van der Waals surface area contributed by atoms with E-state index >= 15 is 0 Å². The molecule has 1 rings (SSSR count). The first kappa shape index (κ1) is 13.5. The van der Waals surface area contributed by atoms with E-state index in [2.05, 4.69) is 37.1 Å². The van der Waals surface area contributed by atoms with Crippen molar-refractivity contribution in [1.29, 1.82) is 5.26 Å². The zero-order chi connectivity index (χ0) is 13.0. The van der Waals surface area contributed by atoms with E-state index in [-0.39, 0.29) is 0 Å². The Morgan fingerprint density at radius 3 is 2.53 bits per heavy atom. The highest BCUT2D eigenvalue weighted by atomic mass is 15.0. The van der Waals surface area contributed by atoms with Gasteiger partial charge in [0.05, 0.1) is 5.56 Å². The van der Waals surface area contributed by atoms with Crippen LogP contribution in [0, 0.1) is 31.1 Å². The molecule has 0 aliphatic carbocycles. The molecule has 0 radical (unpaired) electrons. The first-order chi connectivity index (χ1) is 7.99. The van der Waals surface area contributed by atoms with Gasteiger partial charge in [-0.15, -0.1) is 0 Å². The van der Waals surface area contributed by atoms with Crippen molar-refractivity contribution in [2.24, 2.45) is 5.92 Å². The minimum absolute atomic E-state index is 0.357. The number of nitriles is 1. The maximum absolute atomic E-state index is 9.18. The average molecular weight is 231 g/mol. The zero-order valence-electron chi connectivity index (χ0n) is 11.3. The predicted molar refractivity (Wildman–Crippen MR) is 71.0 cm³/mol. The summed E-state index contributed by atoms with van der Waals surface area (Å²) in [4.78, 5) is 4.44. The van der Waals surface area contributed by atoms with E-state index in [0.29, 0.717) is 17.5 Å². The van der Waals surface area contributed by atoms with E-state index in [0.717, 1.165) is 23.5 Å². The highest BCUT2D eigenvalue weighted by Crippen LogP contribution is 2.20. The van der Waals surface area contributed by atoms with Crippen molar-refractivity contribution in [2.75, 3.05) is 5.32 Å². The third kappa shape index (κ3) is 3.20. The van der Waals surface area contributed by atoms with Gasteiger partial charge in [0.2, 0.25) is 0 Å². The van der Waals surface area contributed by atoms with Gasteiger partial charge in [-0.2, -0.15) is 5.26 Å². The van der Waals surface area contributed by atoms with Gasteiger partial charge in [-0.3, -0.25) is 0 Å². The first-order valence-electron chi connectivity index (χ1n) is 6.14. The standard InChI is InChI=1S/C14H21N3/c1-6-13(9(2)3)17-14-12(8-15)10(4)7-11(5)16-14/h7,9,13H,6H2,1-5H3,(H,16,17). The van der Waals surface area contributed by atoms with Crippen LogP contribution in [0.25, 0.3) is 0 Å². The molecule has 17 heavy (non-hydrogen) atoms. The number of hydrogen-bond acceptors (Lipinski definition) is 3. The quantitative estimate of drug-likeness (QED) is 0.863. The molecule has 1 aromatic heterocycles. The maximum atomic E-state index is 9.18. The van der Waals surface area contributed by atoms with Crippen molar-refractivity contribution in [2.45, 2.75) is 47.1 Å². The fourth-order valence-corrected chi connectivity index (χ4v) is 2.00. The van der Waals surface area contributed by atoms with Gasteiger partial charge in [-0.25, -0.2) is 4.98 Å². The number of aromatic nitrogens is 1. The van der Waals surface area contributed by atoms with Crippen LogP contribution in [0.2, 0.25) is 0 Å². The average Bonchev–Trinajstić information content (AvgIpc) is 2.24. The van der Waals surface area contributed by atoms with Crippen molar-refractivity contribution >= 4 is 5.82 Å². The minimum Gasteiger partial charge on any atom is -0.366 e. The third-order valence-electron chi connectivity index (χ3n) is 3.02. The third-order valence-corrected chi connectivity index (χ3v) is 3.02. The molecule has 0 aromatic carbocycles. The van der Waals surface area contributed by atoms with Gasteiger partial charge in [0.15, 0.2) is 0 Å². The van der Waals surface area contributed by atoms with Crippen LogP contribution in [0.5, 0.6) is 0 Å². The molecule has 0 bridgehead atoms. The van der Waals surface area contributed by atoms with E-state index in [1.165, 1.54) is 0 Å². The summed E-state index contributed by atoms with van der Waals surface area (Å²) in [6.45, 7) is 10.4. The molecular weight excluding hydrogens is 210 g/mol. The van der Waals surface area contributed by atoms with Crippen molar-refractivity contribution in [3.8, 4) is 6.07 Å². The number of hydrogen-bond donors (Lipinski definition) is 1. The van der Waals surface area contributed by atoms with E-state index in [4.69, 9.17) is 0 Å². The Hall–Kier alpha value is -1.56. The molecule has 0 aliphatic rings. The second-order valence-electron chi connectivity index (χ2n) is 4.82. The highest BCUT2D eigenvalue weighted by molar-refractivity contribution is 5.56. The van der Waals surface area contributed by atoms with Gasteiger partial charge in [-0.1, -0.05) is 20.8 Å². The Labute approximate surface area is 104 Å². The summed E-state index contributed by atoms with van der Waals surface area (Å²) < 4.78 is 0. The highest BCUT2D eigenvalue weighted by Gasteiger charge is 2.15. The molecule has 1 N–H and O–H groups in total. The number of pyridine rings is 1. The first-order valence-corrected chi connectivity index (χ1v) is 6.14. The second kappa shape index (κ2) is 5.67. The molecule has 0 saturated heterocycles. The molecule has 0 spiro atoms. The largest absolute Gasteiger partial charge is 0.366 e. The number of aryl methyl sites for hydroxylation is 2. The molecule has 0 fully saturated rings. The molecule has 1 heterocycles. The molecular formula is C14H21N3. The van der Waals surface area contributed by atoms with E-state index in [1.54, 1.807) is 0 Å². The lowest BCUT2D eigenvalue weighted by atomic mass is 10.0. The number of anilines is 1. The molecule has 3 nitrogen and oxygen atoms in total. The van der Waals surface area contributed by atoms with Gasteiger partial charge in [-0.05, 0) is 37.8 Å². The predicted octanol–water partition coefficient (Wildman–Crippen LogP) is 3.42. The smallest absolute Gasteiger partial charge is 0.144 e. The Morgan fingerprint density at radius 1 is 1.41 bits per heavy atom. The van der Waals surface area contributed by atoms with E-state index in [9.17, 15) is 5.26 Å². The fourth-order valence-electron chi connectivity index (χ4n) is 2.00. The van der Waals surface area contributed by atoms with Crippen molar-refractivity contribution in [3.05, 3.63) is 22.9 Å². The number of nitrogens with one attached hydrogen (secondary N) is 1. The lowest BCUT2D eigenvalue weighted by molar-refractivity contribution is 0.509. The molecule has 0 aliphatic heterocycles. The lowest BCUT2D eigenvalue weighted by Gasteiger charge is -2.22. The van der Waals surface area contributed by atoms with Crippen molar-refractivity contribution < 1.29 is 0 Å². The SMILES string of the molecule is CCC(Nc1nc(C)cc(C)c1C#N)C(C)C. The zero-order valence-corrected chi connectivity index (χ0v) is 11.3. The maximum Gasteiger partial charge on any atom is 0.144 e. The Morgan fingerprint density at radius 2 is 2.06 bits per heavy atom. The summed E-state index contributed by atoms with van der Waals surface area (Å²) in [6, 6.07) is 4.54. The van der Waals surface area contributed by atoms with Crippen LogP contribution in [0.3, 0.4) is 0 Å². The molecule has 0 amide bonds. The van der Waals surface area contributed by atoms with Crippen LogP contribution in [0.1, 0.15) is 44.0 Å². The van der Waals surface area contributed by atoms with Gasteiger partial charge < -0.3 is 5.32 Å². The van der Waals surface area contributed by atoms with E-state index < -0.39 is 0 Å². The summed E-state index contributed by atoms with van der Waals surface area (Å²) in [7, 11) is 0. The normalized spacial score (nSPS) is 12.3. The molecule has 1 atom stereocenters. The Bertz CT molecular complexity index is 430. The summed E-state index contributed by atoms with van der Waals surface area (Å²) in [6.07, 6.45) is 1.03. The Kier molecular flexibility index (Phi) is 4.51. The van der Waals surface area contributed by atoms with Crippen LogP contribution in [0.15, 0.2) is 6.07 Å². The molecule has 1 aromatic rings. The van der Waals surface area contributed by atoms with Crippen molar-refractivity contribution in [3.63, 3.8) is 0 Å². The lowest BCUT2D eigenvalue weighted by Crippen LogP contribution is -2.26.